The van der Waals surface area contributed by atoms with E-state index in [0.29, 0.717) is 24.2 Å². The van der Waals surface area contributed by atoms with E-state index in [1.807, 2.05) is 0 Å². The maximum atomic E-state index is 13.0. The molecule has 0 bridgehead atoms. The second-order valence-electron chi connectivity index (χ2n) is 5.76. The normalized spacial score (nSPS) is 28.5. The zero-order valence-electron chi connectivity index (χ0n) is 11.5. The van der Waals surface area contributed by atoms with Gasteiger partial charge in [0.05, 0.1) is 12.0 Å². The zero-order chi connectivity index (χ0) is 14.3. The number of nitrogens with zero attached hydrogens (tertiary/aromatic N) is 2. The summed E-state index contributed by atoms with van der Waals surface area (Å²) in [6, 6.07) is 6.10. The predicted octanol–water partition coefficient (Wildman–Crippen LogP) is 1.75. The van der Waals surface area contributed by atoms with Crippen molar-refractivity contribution in [2.24, 2.45) is 5.92 Å². The van der Waals surface area contributed by atoms with E-state index in [2.05, 4.69) is 15.5 Å². The van der Waals surface area contributed by atoms with Gasteiger partial charge in [0.15, 0.2) is 0 Å². The first-order valence-electron chi connectivity index (χ1n) is 7.16. The minimum Gasteiger partial charge on any atom is -0.380 e. The highest BCUT2D eigenvalue weighted by molar-refractivity contribution is 5.54. The van der Waals surface area contributed by atoms with E-state index in [1.54, 1.807) is 12.1 Å². The third-order valence-electron chi connectivity index (χ3n) is 4.54. The molecule has 2 saturated heterocycles. The van der Waals surface area contributed by atoms with E-state index < -0.39 is 0 Å². The molecule has 0 unspecified atom stereocenters. The van der Waals surface area contributed by atoms with Crippen LogP contribution < -0.4 is 5.32 Å². The van der Waals surface area contributed by atoms with Crippen LogP contribution in [0.25, 0.3) is 11.4 Å². The highest BCUT2D eigenvalue weighted by atomic mass is 19.1. The van der Waals surface area contributed by atoms with Crippen LogP contribution in [0.4, 0.5) is 4.39 Å². The van der Waals surface area contributed by atoms with Crippen LogP contribution in [0.2, 0.25) is 0 Å². The summed E-state index contributed by atoms with van der Waals surface area (Å²) in [6.07, 6.45) is 1.00. The van der Waals surface area contributed by atoms with E-state index in [1.165, 1.54) is 12.1 Å². The van der Waals surface area contributed by atoms with Crippen LogP contribution in [0.15, 0.2) is 28.8 Å². The van der Waals surface area contributed by atoms with E-state index >= 15 is 0 Å². The lowest BCUT2D eigenvalue weighted by molar-refractivity contribution is 0.00198. The first-order chi connectivity index (χ1) is 10.3. The molecule has 3 heterocycles. The minimum atomic E-state index is -0.276. The van der Waals surface area contributed by atoms with Gasteiger partial charge in [-0.25, -0.2) is 4.39 Å². The highest BCUT2D eigenvalue weighted by Crippen LogP contribution is 2.40. The Hall–Kier alpha value is -1.79. The van der Waals surface area contributed by atoms with Crippen LogP contribution in [-0.2, 0) is 10.2 Å². The maximum Gasteiger partial charge on any atom is 0.237 e. The number of hydrogen-bond donors (Lipinski definition) is 1. The molecule has 21 heavy (non-hydrogen) atoms. The average molecular weight is 289 g/mol. The van der Waals surface area contributed by atoms with E-state index in [-0.39, 0.29) is 11.2 Å². The largest absolute Gasteiger partial charge is 0.380 e. The number of rotatable bonds is 2. The van der Waals surface area contributed by atoms with Gasteiger partial charge in [-0.1, -0.05) is 5.16 Å². The van der Waals surface area contributed by atoms with E-state index in [9.17, 15) is 4.39 Å². The van der Waals surface area contributed by atoms with Crippen LogP contribution in [0, 0.1) is 11.7 Å². The summed E-state index contributed by atoms with van der Waals surface area (Å²) in [5.74, 6) is 1.31. The van der Waals surface area contributed by atoms with Crippen LogP contribution in [0.3, 0.4) is 0 Å². The molecule has 0 spiro atoms. The van der Waals surface area contributed by atoms with Gasteiger partial charge < -0.3 is 14.6 Å². The van der Waals surface area contributed by atoms with Crippen molar-refractivity contribution in [1.29, 1.82) is 0 Å². The van der Waals surface area contributed by atoms with Gasteiger partial charge in [0, 0.05) is 18.7 Å². The Morgan fingerprint density at radius 3 is 3.00 bits per heavy atom. The number of halogens is 1. The number of hydrogen-bond acceptors (Lipinski definition) is 5. The Morgan fingerprint density at radius 1 is 1.29 bits per heavy atom. The smallest absolute Gasteiger partial charge is 0.237 e. The third kappa shape index (κ3) is 2.06. The topological polar surface area (TPSA) is 60.2 Å². The molecule has 2 aliphatic heterocycles. The van der Waals surface area contributed by atoms with Gasteiger partial charge in [-0.15, -0.1) is 0 Å². The van der Waals surface area contributed by atoms with Crippen molar-refractivity contribution < 1.29 is 13.7 Å². The van der Waals surface area contributed by atoms with Crippen molar-refractivity contribution in [2.45, 2.75) is 11.8 Å². The number of ether oxygens (including phenoxy) is 1. The number of aromatic nitrogens is 2. The van der Waals surface area contributed by atoms with Gasteiger partial charge >= 0.3 is 0 Å². The average Bonchev–Trinajstić information content (AvgIpc) is 3.15. The van der Waals surface area contributed by atoms with Gasteiger partial charge in [0.25, 0.3) is 0 Å². The molecular formula is C15H16FN3O2. The molecule has 6 heteroatoms. The fourth-order valence-corrected chi connectivity index (χ4v) is 3.29. The Kier molecular flexibility index (Phi) is 3.01. The number of fused-ring (bicyclic) bond motifs is 1. The molecule has 5 nitrogen and oxygen atoms in total. The monoisotopic (exact) mass is 289 g/mol. The predicted molar refractivity (Wildman–Crippen MR) is 73.2 cm³/mol. The van der Waals surface area contributed by atoms with Crippen molar-refractivity contribution in [3.8, 4) is 11.4 Å². The lowest BCUT2D eigenvalue weighted by Crippen LogP contribution is -2.44. The van der Waals surface area contributed by atoms with Crippen LogP contribution in [0.5, 0.6) is 0 Å². The molecular weight excluding hydrogens is 273 g/mol. The minimum absolute atomic E-state index is 0.219. The van der Waals surface area contributed by atoms with Gasteiger partial charge in [0.1, 0.15) is 5.82 Å². The summed E-state index contributed by atoms with van der Waals surface area (Å²) in [4.78, 5) is 4.55. The van der Waals surface area contributed by atoms with Crippen molar-refractivity contribution >= 4 is 0 Å². The lowest BCUT2D eigenvalue weighted by Gasteiger charge is -2.34. The second kappa shape index (κ2) is 4.89. The SMILES string of the molecule is Fc1ccc(-c2noc([C@]34CNC[C@H]3CCOC4)n2)cc1. The fourth-order valence-electron chi connectivity index (χ4n) is 3.29. The fraction of sp³-hybridized carbons (Fsp3) is 0.467. The molecule has 1 aromatic heterocycles. The Balaban J connectivity index is 1.69. The number of nitrogens with one attached hydrogen (secondary N) is 1. The molecule has 2 aromatic rings. The molecule has 4 rings (SSSR count). The first-order valence-corrected chi connectivity index (χ1v) is 7.16. The van der Waals surface area contributed by atoms with E-state index in [0.717, 1.165) is 31.7 Å². The molecule has 2 fully saturated rings. The van der Waals surface area contributed by atoms with Gasteiger partial charge in [0.2, 0.25) is 11.7 Å². The summed E-state index contributed by atoms with van der Waals surface area (Å²) >= 11 is 0. The van der Waals surface area contributed by atoms with Gasteiger partial charge in [-0.2, -0.15) is 4.98 Å². The molecule has 2 aliphatic rings. The Bertz CT molecular complexity index is 643. The first kappa shape index (κ1) is 12.9. The lowest BCUT2D eigenvalue weighted by atomic mass is 9.75. The van der Waals surface area contributed by atoms with Crippen LogP contribution in [0.1, 0.15) is 12.3 Å². The summed E-state index contributed by atoms with van der Waals surface area (Å²) < 4.78 is 24.2. The van der Waals surface area contributed by atoms with Crippen molar-refractivity contribution in [2.75, 3.05) is 26.3 Å². The van der Waals surface area contributed by atoms with Crippen molar-refractivity contribution in [3.63, 3.8) is 0 Å². The third-order valence-corrected chi connectivity index (χ3v) is 4.54. The van der Waals surface area contributed by atoms with Crippen LogP contribution in [-0.4, -0.2) is 36.4 Å². The quantitative estimate of drug-likeness (QED) is 0.912. The van der Waals surface area contributed by atoms with E-state index in [4.69, 9.17) is 9.26 Å². The molecule has 0 radical (unpaired) electrons. The molecule has 0 amide bonds. The zero-order valence-corrected chi connectivity index (χ0v) is 11.5. The maximum absolute atomic E-state index is 13.0. The molecule has 1 aromatic carbocycles. The standard InChI is InChI=1S/C15H16FN3O2/c16-12-3-1-10(2-4-12)13-18-14(21-19-13)15-8-17-7-11(15)5-6-20-9-15/h1-4,11,17H,5-9H2/t11-,15+/m1/s1. The molecule has 2 atom stereocenters. The summed E-state index contributed by atoms with van der Waals surface area (Å²) in [5, 5.41) is 7.46. The molecule has 1 N–H and O–H groups in total. The number of benzene rings is 1. The van der Waals surface area contributed by atoms with Crippen molar-refractivity contribution in [3.05, 3.63) is 36.0 Å². The Morgan fingerprint density at radius 2 is 2.14 bits per heavy atom. The second-order valence-corrected chi connectivity index (χ2v) is 5.76. The molecule has 0 aliphatic carbocycles. The highest BCUT2D eigenvalue weighted by Gasteiger charge is 2.50. The summed E-state index contributed by atoms with van der Waals surface area (Å²) in [7, 11) is 0. The van der Waals surface area contributed by atoms with Gasteiger partial charge in [-0.05, 0) is 43.1 Å². The van der Waals surface area contributed by atoms with Crippen molar-refractivity contribution in [1.82, 2.24) is 15.5 Å². The molecule has 110 valence electrons. The Labute approximate surface area is 121 Å². The molecule has 0 saturated carbocycles. The summed E-state index contributed by atoms with van der Waals surface area (Å²) in [5.41, 5.74) is 0.533. The summed E-state index contributed by atoms with van der Waals surface area (Å²) in [6.45, 7) is 3.14. The van der Waals surface area contributed by atoms with Gasteiger partial charge in [-0.3, -0.25) is 0 Å². The van der Waals surface area contributed by atoms with Crippen LogP contribution >= 0.6 is 0 Å².